The van der Waals surface area contributed by atoms with E-state index in [1.165, 1.54) is 67.7 Å². The summed E-state index contributed by atoms with van der Waals surface area (Å²) in [5.41, 5.74) is 0.881. The Bertz CT molecular complexity index is 1790. The molecule has 12 heteroatoms. The average Bonchev–Trinajstić information content (AvgIpc) is 3.09. The molecule has 2 amide bonds. The van der Waals surface area contributed by atoms with Crippen molar-refractivity contribution in [3.05, 3.63) is 120 Å². The molecule has 0 aliphatic carbocycles. The lowest BCUT2D eigenvalue weighted by molar-refractivity contribution is -0.140. The van der Waals surface area contributed by atoms with E-state index in [9.17, 15) is 22.4 Å². The zero-order valence-corrected chi connectivity index (χ0v) is 27.9. The predicted molar refractivity (Wildman–Crippen MR) is 179 cm³/mol. The van der Waals surface area contributed by atoms with Crippen LogP contribution in [-0.4, -0.2) is 58.5 Å². The Balaban J connectivity index is 1.82. The van der Waals surface area contributed by atoms with E-state index < -0.39 is 46.1 Å². The SMILES string of the molecule is CCCCNC(=O)[C@@H](Cc1ccccc1)N(Cc1ccccc1F)C(=O)CN(c1ccc(F)cc1)S(=O)(=O)c1ccc(OC)c(OC)c1. The first-order chi connectivity index (χ1) is 23.1. The minimum absolute atomic E-state index is 0.00242. The van der Waals surface area contributed by atoms with E-state index in [1.807, 2.05) is 25.1 Å². The average molecular weight is 680 g/mol. The number of nitrogens with one attached hydrogen (secondary N) is 1. The molecule has 0 aliphatic heterocycles. The molecule has 0 aliphatic rings. The summed E-state index contributed by atoms with van der Waals surface area (Å²) in [6.45, 7) is 1.23. The molecule has 0 heterocycles. The van der Waals surface area contributed by atoms with Gasteiger partial charge in [-0.05, 0) is 54.4 Å². The van der Waals surface area contributed by atoms with Crippen LogP contribution in [0.3, 0.4) is 0 Å². The molecule has 0 bridgehead atoms. The molecule has 9 nitrogen and oxygen atoms in total. The molecule has 0 fully saturated rings. The number of unbranched alkanes of at least 4 members (excludes halogenated alkanes) is 1. The van der Waals surface area contributed by atoms with Gasteiger partial charge in [0.2, 0.25) is 11.8 Å². The Morgan fingerprint density at radius 3 is 2.17 bits per heavy atom. The van der Waals surface area contributed by atoms with Crippen LogP contribution in [0.2, 0.25) is 0 Å². The number of halogens is 2. The van der Waals surface area contributed by atoms with Crippen LogP contribution in [0.25, 0.3) is 0 Å². The topological polar surface area (TPSA) is 105 Å². The highest BCUT2D eigenvalue weighted by atomic mass is 32.2. The van der Waals surface area contributed by atoms with Crippen molar-refractivity contribution >= 4 is 27.5 Å². The lowest BCUT2D eigenvalue weighted by Gasteiger charge is -2.34. The Hall–Kier alpha value is -4.97. The van der Waals surface area contributed by atoms with Crippen LogP contribution in [0.4, 0.5) is 14.5 Å². The minimum Gasteiger partial charge on any atom is -0.493 e. The first-order valence-electron chi connectivity index (χ1n) is 15.4. The number of nitrogens with zero attached hydrogens (tertiary/aromatic N) is 2. The van der Waals surface area contributed by atoms with E-state index in [0.717, 1.165) is 28.4 Å². The quantitative estimate of drug-likeness (QED) is 0.152. The fourth-order valence-corrected chi connectivity index (χ4v) is 6.54. The van der Waals surface area contributed by atoms with E-state index in [2.05, 4.69) is 5.32 Å². The van der Waals surface area contributed by atoms with Crippen LogP contribution in [-0.2, 0) is 32.6 Å². The van der Waals surface area contributed by atoms with E-state index in [-0.39, 0.29) is 40.6 Å². The van der Waals surface area contributed by atoms with Crippen molar-refractivity contribution in [2.75, 3.05) is 31.6 Å². The van der Waals surface area contributed by atoms with Crippen LogP contribution in [0.15, 0.2) is 102 Å². The van der Waals surface area contributed by atoms with Crippen LogP contribution < -0.4 is 19.1 Å². The monoisotopic (exact) mass is 679 g/mol. The van der Waals surface area contributed by atoms with Gasteiger partial charge in [-0.1, -0.05) is 61.9 Å². The van der Waals surface area contributed by atoms with Gasteiger partial charge in [0.15, 0.2) is 11.5 Å². The number of carbonyl (C=O) groups is 2. The Morgan fingerprint density at radius 2 is 1.52 bits per heavy atom. The van der Waals surface area contributed by atoms with Crippen molar-refractivity contribution in [3.63, 3.8) is 0 Å². The van der Waals surface area contributed by atoms with Crippen molar-refractivity contribution < 1.29 is 36.3 Å². The molecule has 1 atom stereocenters. The summed E-state index contributed by atoms with van der Waals surface area (Å²) < 4.78 is 69.0. The number of benzene rings is 4. The Kier molecular flexibility index (Phi) is 12.5. The molecule has 0 spiro atoms. The molecule has 0 saturated carbocycles. The molecule has 48 heavy (non-hydrogen) atoms. The summed E-state index contributed by atoms with van der Waals surface area (Å²) in [5, 5.41) is 2.88. The van der Waals surface area contributed by atoms with Crippen molar-refractivity contribution in [1.82, 2.24) is 10.2 Å². The van der Waals surface area contributed by atoms with Gasteiger partial charge in [0.1, 0.15) is 24.2 Å². The number of hydrogen-bond donors (Lipinski definition) is 1. The van der Waals surface area contributed by atoms with Crippen LogP contribution in [0.5, 0.6) is 11.5 Å². The summed E-state index contributed by atoms with van der Waals surface area (Å²) >= 11 is 0. The largest absolute Gasteiger partial charge is 0.493 e. The molecule has 0 saturated heterocycles. The van der Waals surface area contributed by atoms with Crippen LogP contribution >= 0.6 is 0 Å². The highest BCUT2D eigenvalue weighted by Gasteiger charge is 2.35. The lowest BCUT2D eigenvalue weighted by atomic mass is 10.0. The maximum atomic E-state index is 15.1. The third-order valence-corrected chi connectivity index (χ3v) is 9.51. The molecule has 0 aromatic heterocycles. The van der Waals surface area contributed by atoms with Crippen molar-refractivity contribution in [1.29, 1.82) is 0 Å². The standard InChI is InChI=1S/C36H39F2N3O6S/c1-4-5-21-39-36(43)32(22-26-11-7-6-8-12-26)40(24-27-13-9-10-14-31(27)38)35(42)25-41(29-17-15-28(37)16-18-29)48(44,45)30-19-20-33(46-2)34(23-30)47-3/h6-20,23,32H,4-5,21-22,24-25H2,1-3H3,(H,39,43)/t32-/m1/s1. The molecular formula is C36H39F2N3O6S. The van der Waals surface area contributed by atoms with E-state index >= 15 is 4.39 Å². The summed E-state index contributed by atoms with van der Waals surface area (Å²) in [6, 6.07) is 22.4. The smallest absolute Gasteiger partial charge is 0.264 e. The third kappa shape index (κ3) is 8.88. The second-order valence-corrected chi connectivity index (χ2v) is 12.8. The van der Waals surface area contributed by atoms with Gasteiger partial charge in [-0.15, -0.1) is 0 Å². The second-order valence-electron chi connectivity index (χ2n) is 11.0. The predicted octanol–water partition coefficient (Wildman–Crippen LogP) is 5.73. The van der Waals surface area contributed by atoms with E-state index in [4.69, 9.17) is 9.47 Å². The lowest BCUT2D eigenvalue weighted by Crippen LogP contribution is -2.53. The number of anilines is 1. The number of sulfonamides is 1. The van der Waals surface area contributed by atoms with Gasteiger partial charge < -0.3 is 19.7 Å². The van der Waals surface area contributed by atoms with Gasteiger partial charge in [-0.3, -0.25) is 13.9 Å². The number of ether oxygens (including phenoxy) is 2. The van der Waals surface area contributed by atoms with E-state index in [1.54, 1.807) is 18.2 Å². The van der Waals surface area contributed by atoms with Crippen molar-refractivity contribution in [2.45, 2.75) is 43.7 Å². The maximum absolute atomic E-state index is 15.1. The van der Waals surface area contributed by atoms with Crippen molar-refractivity contribution in [2.24, 2.45) is 0 Å². The van der Waals surface area contributed by atoms with Gasteiger partial charge in [-0.25, -0.2) is 17.2 Å². The molecule has 254 valence electrons. The summed E-state index contributed by atoms with van der Waals surface area (Å²) in [4.78, 5) is 29.2. The van der Waals surface area contributed by atoms with Gasteiger partial charge in [-0.2, -0.15) is 0 Å². The highest BCUT2D eigenvalue weighted by Crippen LogP contribution is 2.32. The van der Waals surface area contributed by atoms with Gasteiger partial charge in [0.25, 0.3) is 10.0 Å². The number of hydrogen-bond acceptors (Lipinski definition) is 6. The molecule has 4 aromatic rings. The Labute approximate surface area is 280 Å². The second kappa shape index (κ2) is 16.7. The molecule has 0 unspecified atom stereocenters. The highest BCUT2D eigenvalue weighted by molar-refractivity contribution is 7.92. The molecule has 4 rings (SSSR count). The van der Waals surface area contributed by atoms with Gasteiger partial charge in [0, 0.05) is 31.1 Å². The molecule has 4 aromatic carbocycles. The first kappa shape index (κ1) is 35.9. The van der Waals surface area contributed by atoms with Crippen LogP contribution in [0, 0.1) is 11.6 Å². The number of amides is 2. The summed E-state index contributed by atoms with van der Waals surface area (Å²) in [6.07, 6.45) is 1.60. The van der Waals surface area contributed by atoms with E-state index in [0.29, 0.717) is 13.0 Å². The van der Waals surface area contributed by atoms with Gasteiger partial charge in [0.05, 0.1) is 24.8 Å². The fraction of sp³-hybridized carbons (Fsp3) is 0.278. The van der Waals surface area contributed by atoms with Crippen molar-refractivity contribution in [3.8, 4) is 11.5 Å². The normalized spacial score (nSPS) is 11.8. The maximum Gasteiger partial charge on any atom is 0.264 e. The molecule has 1 N–H and O–H groups in total. The molecule has 0 radical (unpaired) electrons. The zero-order valence-electron chi connectivity index (χ0n) is 27.1. The molecular weight excluding hydrogens is 640 g/mol. The number of methoxy groups -OCH3 is 2. The fourth-order valence-electron chi connectivity index (χ4n) is 5.11. The Morgan fingerprint density at radius 1 is 0.854 bits per heavy atom. The summed E-state index contributed by atoms with van der Waals surface area (Å²) in [7, 11) is -1.74. The van der Waals surface area contributed by atoms with Crippen LogP contribution in [0.1, 0.15) is 30.9 Å². The minimum atomic E-state index is -4.50. The number of rotatable bonds is 16. The first-order valence-corrected chi connectivity index (χ1v) is 16.9. The zero-order chi connectivity index (χ0) is 34.7. The number of carbonyl (C=O) groups excluding carboxylic acids is 2. The van der Waals surface area contributed by atoms with Gasteiger partial charge >= 0.3 is 0 Å². The summed E-state index contributed by atoms with van der Waals surface area (Å²) in [5.74, 6) is -2.02. The third-order valence-electron chi connectivity index (χ3n) is 7.74.